The average molecular weight is 335 g/mol. The van der Waals surface area contributed by atoms with E-state index in [1.807, 2.05) is 25.1 Å². The van der Waals surface area contributed by atoms with Crippen molar-refractivity contribution in [3.8, 4) is 0 Å². The topological polar surface area (TPSA) is 80.8 Å². The van der Waals surface area contributed by atoms with Gasteiger partial charge in [-0.3, -0.25) is 14.6 Å². The van der Waals surface area contributed by atoms with E-state index in [0.29, 0.717) is 19.7 Å². The highest BCUT2D eigenvalue weighted by Crippen LogP contribution is 2.23. The second-order valence-corrected chi connectivity index (χ2v) is 6.08. The summed E-state index contributed by atoms with van der Waals surface area (Å²) in [5.41, 5.74) is 0.828. The van der Waals surface area contributed by atoms with Crippen LogP contribution in [0.4, 0.5) is 0 Å². The molecule has 7 nitrogen and oxygen atoms in total. The fourth-order valence-corrected chi connectivity index (χ4v) is 2.91. The Morgan fingerprint density at radius 3 is 2.92 bits per heavy atom. The molecule has 1 aromatic rings. The number of nitrogens with one attached hydrogen (secondary N) is 1. The molecule has 1 aliphatic heterocycles. The quantitative estimate of drug-likeness (QED) is 0.809. The summed E-state index contributed by atoms with van der Waals surface area (Å²) in [7, 11) is 3.14. The van der Waals surface area contributed by atoms with Gasteiger partial charge in [0.25, 0.3) is 0 Å². The van der Waals surface area contributed by atoms with Crippen LogP contribution in [0.5, 0.6) is 0 Å². The maximum absolute atomic E-state index is 12.6. The van der Waals surface area contributed by atoms with Gasteiger partial charge in [-0.2, -0.15) is 0 Å². The van der Waals surface area contributed by atoms with Crippen LogP contribution in [0.1, 0.15) is 17.8 Å². The molecule has 2 heterocycles. The first-order chi connectivity index (χ1) is 11.5. The predicted octanol–water partition coefficient (Wildman–Crippen LogP) is 0.313. The molecular weight excluding hydrogens is 310 g/mol. The number of methoxy groups -OCH3 is 1. The molecule has 0 aliphatic carbocycles. The van der Waals surface area contributed by atoms with Crippen LogP contribution in [0.25, 0.3) is 0 Å². The molecule has 0 bridgehead atoms. The van der Waals surface area contributed by atoms with E-state index in [4.69, 9.17) is 9.47 Å². The Balaban J connectivity index is 2.06. The van der Waals surface area contributed by atoms with Gasteiger partial charge in [-0.1, -0.05) is 6.07 Å². The molecule has 0 saturated carbocycles. The van der Waals surface area contributed by atoms with Crippen LogP contribution in [0.2, 0.25) is 0 Å². The van der Waals surface area contributed by atoms with Crippen LogP contribution in [0.15, 0.2) is 18.2 Å². The molecule has 1 aromatic heterocycles. The molecule has 1 saturated heterocycles. The summed E-state index contributed by atoms with van der Waals surface area (Å²) in [5.74, 6) is -0.157. The zero-order valence-corrected chi connectivity index (χ0v) is 14.5. The van der Waals surface area contributed by atoms with Crippen molar-refractivity contribution in [2.45, 2.75) is 25.4 Å². The van der Waals surface area contributed by atoms with Crippen LogP contribution in [0, 0.1) is 6.92 Å². The lowest BCUT2D eigenvalue weighted by atomic mass is 9.97. The van der Waals surface area contributed by atoms with Gasteiger partial charge in [0.05, 0.1) is 32.6 Å². The number of carbonyl (C=O) groups excluding carboxylic acids is 2. The van der Waals surface area contributed by atoms with Crippen molar-refractivity contribution in [2.24, 2.45) is 0 Å². The first kappa shape index (κ1) is 18.4. The minimum absolute atomic E-state index is 0.0196. The molecule has 1 fully saturated rings. The van der Waals surface area contributed by atoms with Crippen molar-refractivity contribution < 1.29 is 19.1 Å². The highest BCUT2D eigenvalue weighted by atomic mass is 16.5. The van der Waals surface area contributed by atoms with Gasteiger partial charge in [0, 0.05) is 32.1 Å². The van der Waals surface area contributed by atoms with Crippen LogP contribution < -0.4 is 5.32 Å². The van der Waals surface area contributed by atoms with Gasteiger partial charge >= 0.3 is 0 Å². The number of carbonyl (C=O) groups is 2. The van der Waals surface area contributed by atoms with Gasteiger partial charge in [-0.15, -0.1) is 0 Å². The second-order valence-electron chi connectivity index (χ2n) is 6.08. The maximum atomic E-state index is 12.6. The van der Waals surface area contributed by atoms with Crippen molar-refractivity contribution in [1.82, 2.24) is 15.2 Å². The van der Waals surface area contributed by atoms with Gasteiger partial charge in [0.15, 0.2) is 0 Å². The Morgan fingerprint density at radius 2 is 2.25 bits per heavy atom. The number of morpholine rings is 1. The molecule has 7 heteroatoms. The van der Waals surface area contributed by atoms with Crippen LogP contribution in [-0.2, 0) is 25.5 Å². The Hall–Kier alpha value is -1.99. The number of rotatable bonds is 6. The van der Waals surface area contributed by atoms with Gasteiger partial charge in [-0.25, -0.2) is 0 Å². The Morgan fingerprint density at radius 1 is 1.46 bits per heavy atom. The Bertz CT molecular complexity index is 589. The van der Waals surface area contributed by atoms with E-state index < -0.39 is 5.60 Å². The molecule has 2 rings (SSSR count). The van der Waals surface area contributed by atoms with Crippen molar-refractivity contribution in [1.29, 1.82) is 0 Å². The van der Waals surface area contributed by atoms with Gasteiger partial charge in [-0.05, 0) is 19.1 Å². The number of nitrogens with zero attached hydrogens (tertiary/aromatic N) is 2. The van der Waals surface area contributed by atoms with Gasteiger partial charge < -0.3 is 19.7 Å². The molecule has 0 unspecified atom stereocenters. The summed E-state index contributed by atoms with van der Waals surface area (Å²) < 4.78 is 11.1. The predicted molar refractivity (Wildman–Crippen MR) is 88.5 cm³/mol. The van der Waals surface area contributed by atoms with Crippen LogP contribution >= 0.6 is 0 Å². The summed E-state index contributed by atoms with van der Waals surface area (Å²) in [4.78, 5) is 30.5. The van der Waals surface area contributed by atoms with E-state index in [2.05, 4.69) is 10.3 Å². The zero-order chi connectivity index (χ0) is 17.6. The Kier molecular flexibility index (Phi) is 6.28. The third-order valence-corrected chi connectivity index (χ3v) is 4.05. The summed E-state index contributed by atoms with van der Waals surface area (Å²) in [5, 5.41) is 2.60. The van der Waals surface area contributed by atoms with E-state index in [9.17, 15) is 9.59 Å². The fraction of sp³-hybridized carbons (Fsp3) is 0.588. The first-order valence-corrected chi connectivity index (χ1v) is 8.02. The van der Waals surface area contributed by atoms with Crippen molar-refractivity contribution >= 4 is 11.8 Å². The molecule has 1 aliphatic rings. The van der Waals surface area contributed by atoms with Crippen molar-refractivity contribution in [3.63, 3.8) is 0 Å². The molecule has 132 valence electrons. The number of amides is 2. The standard InChI is InChI=1S/C17H25N3O4/c1-13-5-4-6-14(19-13)9-16(22)20-7-8-24-17(11-20,12-23-3)10-15(21)18-2/h4-6H,7-12H2,1-3H3,(H,18,21)/t17-/m0/s1. The average Bonchev–Trinajstić information content (AvgIpc) is 2.55. The first-order valence-electron chi connectivity index (χ1n) is 8.02. The fourth-order valence-electron chi connectivity index (χ4n) is 2.91. The number of pyridine rings is 1. The lowest BCUT2D eigenvalue weighted by Crippen LogP contribution is -2.57. The lowest BCUT2D eigenvalue weighted by Gasteiger charge is -2.42. The molecule has 2 amide bonds. The van der Waals surface area contributed by atoms with Crippen LogP contribution in [-0.4, -0.2) is 67.8 Å². The molecule has 0 spiro atoms. The van der Waals surface area contributed by atoms with Gasteiger partial charge in [0.2, 0.25) is 11.8 Å². The highest BCUT2D eigenvalue weighted by Gasteiger charge is 2.40. The Labute approximate surface area is 142 Å². The van der Waals surface area contributed by atoms with E-state index in [0.717, 1.165) is 11.4 Å². The summed E-state index contributed by atoms with van der Waals surface area (Å²) in [6.07, 6.45) is 0.397. The zero-order valence-electron chi connectivity index (χ0n) is 14.5. The summed E-state index contributed by atoms with van der Waals surface area (Å²) in [6, 6.07) is 5.64. The molecular formula is C17H25N3O4. The number of aromatic nitrogens is 1. The molecule has 1 atom stereocenters. The monoisotopic (exact) mass is 335 g/mol. The third-order valence-electron chi connectivity index (χ3n) is 4.05. The number of hydrogen-bond donors (Lipinski definition) is 1. The highest BCUT2D eigenvalue weighted by molar-refractivity contribution is 5.79. The normalized spacial score (nSPS) is 20.7. The van der Waals surface area contributed by atoms with Crippen molar-refractivity contribution in [3.05, 3.63) is 29.6 Å². The van der Waals surface area contributed by atoms with E-state index >= 15 is 0 Å². The number of aryl methyl sites for hydroxylation is 1. The summed E-state index contributed by atoms with van der Waals surface area (Å²) >= 11 is 0. The minimum atomic E-state index is -0.803. The third kappa shape index (κ3) is 4.75. The molecule has 0 aromatic carbocycles. The SMILES string of the molecule is CNC(=O)C[C@@]1(COC)CN(C(=O)Cc2cccc(C)n2)CCO1. The molecule has 0 radical (unpaired) electrons. The summed E-state index contributed by atoms with van der Waals surface area (Å²) in [6.45, 7) is 3.37. The van der Waals surface area contributed by atoms with Gasteiger partial charge in [0.1, 0.15) is 5.60 Å². The second kappa shape index (κ2) is 8.21. The lowest BCUT2D eigenvalue weighted by molar-refractivity contribution is -0.166. The van der Waals surface area contributed by atoms with Crippen molar-refractivity contribution in [2.75, 3.05) is 40.5 Å². The van der Waals surface area contributed by atoms with E-state index in [1.54, 1.807) is 19.1 Å². The van der Waals surface area contributed by atoms with Crippen LogP contribution in [0.3, 0.4) is 0 Å². The van der Waals surface area contributed by atoms with E-state index in [-0.39, 0.29) is 31.3 Å². The number of ether oxygens (including phenoxy) is 2. The number of hydrogen-bond acceptors (Lipinski definition) is 5. The molecule has 1 N–H and O–H groups in total. The minimum Gasteiger partial charge on any atom is -0.382 e. The molecule has 24 heavy (non-hydrogen) atoms. The van der Waals surface area contributed by atoms with E-state index in [1.165, 1.54) is 0 Å². The maximum Gasteiger partial charge on any atom is 0.228 e. The largest absolute Gasteiger partial charge is 0.382 e. The smallest absolute Gasteiger partial charge is 0.228 e.